The second-order valence-corrected chi connectivity index (χ2v) is 7.15. The molecule has 0 radical (unpaired) electrons. The summed E-state index contributed by atoms with van der Waals surface area (Å²) in [5.41, 5.74) is 0.321. The van der Waals surface area contributed by atoms with Crippen molar-refractivity contribution < 1.29 is 15.2 Å². The lowest BCUT2D eigenvalue weighted by Crippen LogP contribution is -2.39. The molecule has 0 heterocycles. The maximum Gasteiger partial charge on any atom is 0.246 e. The highest BCUT2D eigenvalue weighted by Gasteiger charge is 2.20. The highest BCUT2D eigenvalue weighted by atomic mass is 16.5. The summed E-state index contributed by atoms with van der Waals surface area (Å²) in [6.07, 6.45) is 16.8. The quantitative estimate of drug-likeness (QED) is 0.118. The molecule has 1 atom stereocenters. The van der Waals surface area contributed by atoms with Gasteiger partial charge in [-0.25, -0.2) is 5.06 Å². The summed E-state index contributed by atoms with van der Waals surface area (Å²) in [6, 6.07) is -0.584. The van der Waals surface area contributed by atoms with Gasteiger partial charge in [0.15, 0.2) is 0 Å². The molecule has 0 unspecified atom stereocenters. The van der Waals surface area contributed by atoms with Gasteiger partial charge in [0.25, 0.3) is 0 Å². The lowest BCUT2D eigenvalue weighted by atomic mass is 10.0. The molecule has 2 N–H and O–H groups in total. The number of hydrogen-bond donors (Lipinski definition) is 2. The summed E-state index contributed by atoms with van der Waals surface area (Å²) >= 11 is 0. The fraction of sp³-hybridized carbons (Fsp3) is 0.900. The first kappa shape index (κ1) is 23.9. The standard InChI is InChI=1S/C20H40N2O3/c1-4-5-6-7-8-9-10-11-12-13-14-15-16-17-20(23)22(25)19(3)18(2)21-24/h19,24-25H,4-17H2,1-3H3/b21-18-/t19-/m1/s1. The smallest absolute Gasteiger partial charge is 0.246 e. The van der Waals surface area contributed by atoms with Crippen LogP contribution in [-0.2, 0) is 4.79 Å². The van der Waals surface area contributed by atoms with Gasteiger partial charge in [-0.3, -0.25) is 10.0 Å². The molecule has 0 spiro atoms. The van der Waals surface area contributed by atoms with Crippen LogP contribution in [-0.4, -0.2) is 33.1 Å². The van der Waals surface area contributed by atoms with Crippen molar-refractivity contribution in [2.24, 2.45) is 5.16 Å². The van der Waals surface area contributed by atoms with Crippen LogP contribution in [0.2, 0.25) is 0 Å². The van der Waals surface area contributed by atoms with E-state index in [1.54, 1.807) is 13.8 Å². The lowest BCUT2D eigenvalue weighted by molar-refractivity contribution is -0.169. The molecule has 0 aliphatic rings. The Labute approximate surface area is 154 Å². The maximum atomic E-state index is 11.8. The second-order valence-electron chi connectivity index (χ2n) is 7.15. The van der Waals surface area contributed by atoms with E-state index in [1.165, 1.54) is 64.2 Å². The van der Waals surface area contributed by atoms with E-state index >= 15 is 0 Å². The van der Waals surface area contributed by atoms with Crippen molar-refractivity contribution in [1.82, 2.24) is 5.06 Å². The van der Waals surface area contributed by atoms with Crippen LogP contribution in [0.1, 0.15) is 111 Å². The Morgan fingerprint density at radius 1 is 0.880 bits per heavy atom. The Kier molecular flexibility index (Phi) is 15.7. The Morgan fingerprint density at radius 2 is 1.28 bits per heavy atom. The van der Waals surface area contributed by atoms with E-state index in [9.17, 15) is 10.0 Å². The molecular weight excluding hydrogens is 316 g/mol. The van der Waals surface area contributed by atoms with Crippen LogP contribution >= 0.6 is 0 Å². The van der Waals surface area contributed by atoms with Gasteiger partial charge in [0.2, 0.25) is 5.91 Å². The fourth-order valence-corrected chi connectivity index (χ4v) is 2.89. The van der Waals surface area contributed by atoms with Crippen LogP contribution in [0.15, 0.2) is 5.16 Å². The summed E-state index contributed by atoms with van der Waals surface area (Å²) in [5.74, 6) is -0.307. The van der Waals surface area contributed by atoms with Gasteiger partial charge in [0.1, 0.15) is 0 Å². The van der Waals surface area contributed by atoms with Gasteiger partial charge in [-0.2, -0.15) is 0 Å². The van der Waals surface area contributed by atoms with Crippen LogP contribution in [0, 0.1) is 0 Å². The molecule has 0 fully saturated rings. The van der Waals surface area contributed by atoms with E-state index in [0.29, 0.717) is 17.2 Å². The SMILES string of the molecule is CCCCCCCCCCCCCCCC(=O)N(O)[C@H](C)/C(C)=N\O. The third kappa shape index (κ3) is 12.9. The topological polar surface area (TPSA) is 73.1 Å². The molecule has 0 aromatic heterocycles. The van der Waals surface area contributed by atoms with E-state index in [2.05, 4.69) is 12.1 Å². The minimum absolute atomic E-state index is 0.307. The van der Waals surface area contributed by atoms with Gasteiger partial charge in [-0.1, -0.05) is 89.1 Å². The Balaban J connectivity index is 3.45. The average molecular weight is 357 g/mol. The van der Waals surface area contributed by atoms with E-state index in [4.69, 9.17) is 5.21 Å². The number of carbonyl (C=O) groups is 1. The normalized spacial score (nSPS) is 13.0. The fourth-order valence-electron chi connectivity index (χ4n) is 2.89. The van der Waals surface area contributed by atoms with Gasteiger partial charge >= 0.3 is 0 Å². The van der Waals surface area contributed by atoms with Crippen molar-refractivity contribution in [3.63, 3.8) is 0 Å². The zero-order valence-electron chi connectivity index (χ0n) is 16.7. The number of carbonyl (C=O) groups excluding carboxylic acids is 1. The van der Waals surface area contributed by atoms with Crippen LogP contribution in [0.25, 0.3) is 0 Å². The molecule has 0 bridgehead atoms. The van der Waals surface area contributed by atoms with Crippen LogP contribution in [0.5, 0.6) is 0 Å². The predicted octanol–water partition coefficient (Wildman–Crippen LogP) is 5.92. The molecule has 0 aromatic rings. The van der Waals surface area contributed by atoms with E-state index < -0.39 is 6.04 Å². The number of hydroxylamine groups is 2. The molecule has 148 valence electrons. The van der Waals surface area contributed by atoms with Gasteiger partial charge in [-0.15, -0.1) is 0 Å². The molecule has 0 saturated heterocycles. The van der Waals surface area contributed by atoms with Crippen LogP contribution in [0.3, 0.4) is 0 Å². The molecule has 0 aromatic carbocycles. The summed E-state index contributed by atoms with van der Waals surface area (Å²) < 4.78 is 0. The first-order valence-electron chi connectivity index (χ1n) is 10.2. The van der Waals surface area contributed by atoms with E-state index in [-0.39, 0.29) is 5.91 Å². The monoisotopic (exact) mass is 356 g/mol. The Hall–Kier alpha value is -1.10. The van der Waals surface area contributed by atoms with Crippen molar-refractivity contribution in [3.8, 4) is 0 Å². The summed E-state index contributed by atoms with van der Waals surface area (Å²) in [6.45, 7) is 5.46. The number of unbranched alkanes of at least 4 members (excludes halogenated alkanes) is 12. The van der Waals surface area contributed by atoms with Crippen molar-refractivity contribution in [2.75, 3.05) is 0 Å². The van der Waals surface area contributed by atoms with Crippen molar-refractivity contribution in [2.45, 2.75) is 117 Å². The largest absolute Gasteiger partial charge is 0.411 e. The Bertz CT molecular complexity index is 359. The number of hydrogen-bond acceptors (Lipinski definition) is 4. The maximum absolute atomic E-state index is 11.8. The highest BCUT2D eigenvalue weighted by molar-refractivity contribution is 5.90. The molecular formula is C20H40N2O3. The molecule has 25 heavy (non-hydrogen) atoms. The zero-order chi connectivity index (χ0) is 18.9. The third-order valence-electron chi connectivity index (χ3n) is 4.88. The minimum Gasteiger partial charge on any atom is -0.411 e. The molecule has 5 heteroatoms. The first-order valence-corrected chi connectivity index (χ1v) is 10.2. The van der Waals surface area contributed by atoms with Crippen LogP contribution in [0.4, 0.5) is 0 Å². The molecule has 0 rings (SSSR count). The molecule has 0 saturated carbocycles. The van der Waals surface area contributed by atoms with Gasteiger partial charge in [-0.05, 0) is 20.3 Å². The van der Waals surface area contributed by atoms with Crippen LogP contribution < -0.4 is 0 Å². The predicted molar refractivity (Wildman–Crippen MR) is 103 cm³/mol. The molecule has 5 nitrogen and oxygen atoms in total. The summed E-state index contributed by atoms with van der Waals surface area (Å²) in [4.78, 5) is 11.8. The number of oxime groups is 1. The van der Waals surface area contributed by atoms with Crippen molar-refractivity contribution in [3.05, 3.63) is 0 Å². The second kappa shape index (κ2) is 16.4. The number of amides is 1. The van der Waals surface area contributed by atoms with Gasteiger partial charge in [0, 0.05) is 6.42 Å². The van der Waals surface area contributed by atoms with Gasteiger partial charge < -0.3 is 5.21 Å². The average Bonchev–Trinajstić information content (AvgIpc) is 2.63. The van der Waals surface area contributed by atoms with E-state index in [0.717, 1.165) is 19.3 Å². The van der Waals surface area contributed by atoms with E-state index in [1.807, 2.05) is 0 Å². The van der Waals surface area contributed by atoms with Crippen molar-refractivity contribution >= 4 is 11.6 Å². The van der Waals surface area contributed by atoms with Crippen molar-refractivity contribution in [1.29, 1.82) is 0 Å². The minimum atomic E-state index is -0.584. The summed E-state index contributed by atoms with van der Waals surface area (Å²) in [7, 11) is 0. The number of rotatable bonds is 16. The highest BCUT2D eigenvalue weighted by Crippen LogP contribution is 2.13. The summed E-state index contributed by atoms with van der Waals surface area (Å²) in [5, 5.41) is 22.1. The first-order chi connectivity index (χ1) is 12.0. The zero-order valence-corrected chi connectivity index (χ0v) is 16.7. The lowest BCUT2D eigenvalue weighted by Gasteiger charge is -2.21. The molecule has 0 aliphatic heterocycles. The molecule has 1 amide bonds. The number of nitrogens with zero attached hydrogens (tertiary/aromatic N) is 2. The Morgan fingerprint density at radius 3 is 1.68 bits per heavy atom. The van der Waals surface area contributed by atoms with Gasteiger partial charge in [0.05, 0.1) is 11.8 Å². The third-order valence-corrected chi connectivity index (χ3v) is 4.88. The molecule has 0 aliphatic carbocycles.